The number of alkyl halides is 1. The lowest BCUT2D eigenvalue weighted by molar-refractivity contribution is 0.396. The van der Waals surface area contributed by atoms with E-state index in [-0.39, 0.29) is 4.83 Å². The van der Waals surface area contributed by atoms with Crippen LogP contribution in [0.15, 0.2) is 28.3 Å². The number of hydrogen-bond donors (Lipinski definition) is 0. The Balaban J connectivity index is 2.13. The molecule has 0 spiro atoms. The second kappa shape index (κ2) is 5.93. The average Bonchev–Trinajstić information content (AvgIpc) is 2.76. The number of rotatable bonds is 4. The number of ether oxygens (including phenoxy) is 1. The van der Waals surface area contributed by atoms with Gasteiger partial charge < -0.3 is 4.74 Å². The summed E-state index contributed by atoms with van der Waals surface area (Å²) in [6.07, 6.45) is 2.33. The SMILES string of the molecule is COc1cc(CC(Br)c2sccc2Br)ncn1. The molecule has 1 atom stereocenters. The summed E-state index contributed by atoms with van der Waals surface area (Å²) in [7, 11) is 1.60. The number of nitrogens with zero attached hydrogens (tertiary/aromatic N) is 2. The quantitative estimate of drug-likeness (QED) is 0.755. The van der Waals surface area contributed by atoms with Gasteiger partial charge in [-0.1, -0.05) is 15.9 Å². The molecular weight excluding hydrogens is 368 g/mol. The van der Waals surface area contributed by atoms with E-state index in [1.165, 1.54) is 11.2 Å². The Kier molecular flexibility index (Phi) is 4.53. The van der Waals surface area contributed by atoms with Crippen molar-refractivity contribution in [2.24, 2.45) is 0 Å². The largest absolute Gasteiger partial charge is 0.481 e. The van der Waals surface area contributed by atoms with Crippen molar-refractivity contribution in [3.05, 3.63) is 38.9 Å². The molecule has 0 N–H and O–H groups in total. The summed E-state index contributed by atoms with van der Waals surface area (Å²) in [5.41, 5.74) is 0.957. The number of methoxy groups -OCH3 is 1. The van der Waals surface area contributed by atoms with Crippen molar-refractivity contribution in [1.29, 1.82) is 0 Å². The van der Waals surface area contributed by atoms with Gasteiger partial charge in [-0.05, 0) is 27.4 Å². The van der Waals surface area contributed by atoms with E-state index in [4.69, 9.17) is 4.74 Å². The molecule has 1 unspecified atom stereocenters. The maximum Gasteiger partial charge on any atom is 0.216 e. The second-order valence-electron chi connectivity index (χ2n) is 3.36. The molecule has 2 heterocycles. The Morgan fingerprint density at radius 1 is 1.47 bits per heavy atom. The number of hydrogen-bond acceptors (Lipinski definition) is 4. The minimum atomic E-state index is 0.247. The zero-order valence-electron chi connectivity index (χ0n) is 9.06. The molecule has 0 radical (unpaired) electrons. The van der Waals surface area contributed by atoms with Crippen molar-refractivity contribution in [2.45, 2.75) is 11.2 Å². The predicted octanol–water partition coefficient (Wildman–Crippen LogP) is 3.99. The van der Waals surface area contributed by atoms with Crippen molar-refractivity contribution in [3.63, 3.8) is 0 Å². The normalized spacial score (nSPS) is 12.4. The van der Waals surface area contributed by atoms with E-state index >= 15 is 0 Å². The average molecular weight is 378 g/mol. The number of halogens is 2. The predicted molar refractivity (Wildman–Crippen MR) is 76.0 cm³/mol. The smallest absolute Gasteiger partial charge is 0.216 e. The van der Waals surface area contributed by atoms with Gasteiger partial charge >= 0.3 is 0 Å². The molecule has 0 aliphatic rings. The molecule has 2 aromatic rings. The lowest BCUT2D eigenvalue weighted by Gasteiger charge is -2.08. The van der Waals surface area contributed by atoms with Gasteiger partial charge in [0.25, 0.3) is 0 Å². The van der Waals surface area contributed by atoms with Crippen LogP contribution in [0.3, 0.4) is 0 Å². The Labute approximate surface area is 121 Å². The minimum Gasteiger partial charge on any atom is -0.481 e. The van der Waals surface area contributed by atoms with Crippen molar-refractivity contribution < 1.29 is 4.74 Å². The highest BCUT2D eigenvalue weighted by Gasteiger charge is 2.14. The van der Waals surface area contributed by atoms with Crippen LogP contribution in [-0.2, 0) is 6.42 Å². The highest BCUT2D eigenvalue weighted by atomic mass is 79.9. The van der Waals surface area contributed by atoms with Crippen molar-refractivity contribution in [3.8, 4) is 5.88 Å². The lowest BCUT2D eigenvalue weighted by atomic mass is 10.2. The van der Waals surface area contributed by atoms with Gasteiger partial charge in [0.15, 0.2) is 0 Å². The summed E-state index contributed by atoms with van der Waals surface area (Å²) >= 11 is 8.93. The number of aromatic nitrogens is 2. The van der Waals surface area contributed by atoms with Crippen LogP contribution in [0, 0.1) is 0 Å². The van der Waals surface area contributed by atoms with Gasteiger partial charge in [-0.25, -0.2) is 9.97 Å². The molecule has 0 aliphatic carbocycles. The van der Waals surface area contributed by atoms with E-state index in [0.717, 1.165) is 16.6 Å². The third-order valence-corrected chi connectivity index (χ3v) is 5.29. The van der Waals surface area contributed by atoms with Gasteiger partial charge in [-0.3, -0.25) is 0 Å². The fourth-order valence-corrected chi connectivity index (χ4v) is 4.24. The van der Waals surface area contributed by atoms with Crippen LogP contribution in [0.5, 0.6) is 5.88 Å². The van der Waals surface area contributed by atoms with Gasteiger partial charge in [0.05, 0.1) is 11.9 Å². The summed E-state index contributed by atoms with van der Waals surface area (Å²) in [6, 6.07) is 3.91. The zero-order valence-corrected chi connectivity index (χ0v) is 13.0. The van der Waals surface area contributed by atoms with Crippen LogP contribution >= 0.6 is 43.2 Å². The fourth-order valence-electron chi connectivity index (χ4n) is 1.41. The van der Waals surface area contributed by atoms with E-state index < -0.39 is 0 Å². The zero-order chi connectivity index (χ0) is 12.3. The monoisotopic (exact) mass is 376 g/mol. The van der Waals surface area contributed by atoms with E-state index in [2.05, 4.69) is 53.3 Å². The molecule has 0 aromatic carbocycles. The van der Waals surface area contributed by atoms with E-state index in [9.17, 15) is 0 Å². The van der Waals surface area contributed by atoms with Gasteiger partial charge in [0.1, 0.15) is 6.33 Å². The molecule has 6 heteroatoms. The maximum absolute atomic E-state index is 5.08. The molecule has 0 bridgehead atoms. The van der Waals surface area contributed by atoms with E-state index in [0.29, 0.717) is 5.88 Å². The molecule has 0 saturated carbocycles. The summed E-state index contributed by atoms with van der Waals surface area (Å²) in [6.45, 7) is 0. The maximum atomic E-state index is 5.08. The van der Waals surface area contributed by atoms with Crippen LogP contribution in [0.2, 0.25) is 0 Å². The molecular formula is C11H10Br2N2OS. The van der Waals surface area contributed by atoms with Crippen LogP contribution in [0.1, 0.15) is 15.4 Å². The Bertz CT molecular complexity index is 504. The van der Waals surface area contributed by atoms with Crippen LogP contribution in [0.25, 0.3) is 0 Å². The molecule has 2 aromatic heterocycles. The second-order valence-corrected chi connectivity index (χ2v) is 6.26. The summed E-state index contributed by atoms with van der Waals surface area (Å²) in [5.74, 6) is 0.597. The first-order valence-corrected chi connectivity index (χ1v) is 7.51. The summed E-state index contributed by atoms with van der Waals surface area (Å²) in [4.78, 5) is 9.74. The third kappa shape index (κ3) is 3.26. The molecule has 0 fully saturated rings. The van der Waals surface area contributed by atoms with Crippen molar-refractivity contribution in [1.82, 2.24) is 9.97 Å². The Morgan fingerprint density at radius 3 is 2.94 bits per heavy atom. The first-order chi connectivity index (χ1) is 8.20. The molecule has 0 saturated heterocycles. The van der Waals surface area contributed by atoms with Crippen molar-refractivity contribution in [2.75, 3.05) is 7.11 Å². The third-order valence-electron chi connectivity index (χ3n) is 2.23. The molecule has 2 rings (SSSR count). The first kappa shape index (κ1) is 13.0. The Morgan fingerprint density at radius 2 is 2.29 bits per heavy atom. The molecule has 0 amide bonds. The standard InChI is InChI=1S/C11H10Br2N2OS/c1-16-10-5-7(14-6-15-10)4-9(13)11-8(12)2-3-17-11/h2-3,5-6,9H,4H2,1H3. The first-order valence-electron chi connectivity index (χ1n) is 4.92. The summed E-state index contributed by atoms with van der Waals surface area (Å²) in [5, 5.41) is 2.06. The lowest BCUT2D eigenvalue weighted by Crippen LogP contribution is -1.98. The van der Waals surface area contributed by atoms with Gasteiger partial charge in [0.2, 0.25) is 5.88 Å². The molecule has 90 valence electrons. The van der Waals surface area contributed by atoms with E-state index in [1.807, 2.05) is 6.07 Å². The number of thiophene rings is 1. The highest BCUT2D eigenvalue weighted by Crippen LogP contribution is 2.36. The molecule has 3 nitrogen and oxygen atoms in total. The summed E-state index contributed by atoms with van der Waals surface area (Å²) < 4.78 is 6.21. The van der Waals surface area contributed by atoms with Gasteiger partial charge in [0, 0.05) is 27.5 Å². The fraction of sp³-hybridized carbons (Fsp3) is 0.273. The molecule has 17 heavy (non-hydrogen) atoms. The Hall–Kier alpha value is -0.460. The van der Waals surface area contributed by atoms with Crippen LogP contribution in [-0.4, -0.2) is 17.1 Å². The van der Waals surface area contributed by atoms with Gasteiger partial charge in [-0.2, -0.15) is 0 Å². The molecule has 0 aliphatic heterocycles. The topological polar surface area (TPSA) is 35.0 Å². The minimum absolute atomic E-state index is 0.247. The van der Waals surface area contributed by atoms with Crippen LogP contribution < -0.4 is 4.74 Å². The van der Waals surface area contributed by atoms with Gasteiger partial charge in [-0.15, -0.1) is 11.3 Å². The van der Waals surface area contributed by atoms with Crippen molar-refractivity contribution >= 4 is 43.2 Å². The highest BCUT2D eigenvalue weighted by molar-refractivity contribution is 9.11. The van der Waals surface area contributed by atoms with Crippen LogP contribution in [0.4, 0.5) is 0 Å². The van der Waals surface area contributed by atoms with E-state index in [1.54, 1.807) is 18.4 Å².